The van der Waals surface area contributed by atoms with Gasteiger partial charge in [-0.15, -0.1) is 0 Å². The third kappa shape index (κ3) is 3.89. The number of nitrogens with zero attached hydrogens (tertiary/aromatic N) is 3. The van der Waals surface area contributed by atoms with Crippen LogP contribution in [0.15, 0.2) is 52.3 Å². The largest absolute Gasteiger partial charge is 0.244 e. The van der Waals surface area contributed by atoms with Gasteiger partial charge in [0.1, 0.15) is 11.0 Å². The van der Waals surface area contributed by atoms with Gasteiger partial charge in [0.05, 0.1) is 15.5 Å². The van der Waals surface area contributed by atoms with Crippen molar-refractivity contribution in [1.29, 1.82) is 5.26 Å². The Labute approximate surface area is 173 Å². The van der Waals surface area contributed by atoms with Gasteiger partial charge >= 0.3 is 0 Å². The van der Waals surface area contributed by atoms with Crippen LogP contribution in [0, 0.1) is 11.3 Å². The summed E-state index contributed by atoms with van der Waals surface area (Å²) in [6.45, 7) is -0.169. The third-order valence-electron chi connectivity index (χ3n) is 4.33. The molecule has 28 heavy (non-hydrogen) atoms. The van der Waals surface area contributed by atoms with Crippen LogP contribution in [0.2, 0.25) is 10.0 Å². The molecular weight excluding hydrogens is 445 g/mol. The summed E-state index contributed by atoms with van der Waals surface area (Å²) in [6, 6.07) is 11.9. The molecule has 2 aromatic carbocycles. The Morgan fingerprint density at radius 3 is 1.93 bits per heavy atom. The lowest BCUT2D eigenvalue weighted by Crippen LogP contribution is -2.50. The van der Waals surface area contributed by atoms with Crippen LogP contribution in [0.4, 0.5) is 0 Å². The van der Waals surface area contributed by atoms with Gasteiger partial charge in [-0.3, -0.25) is 0 Å². The Hall–Kier alpha value is -1.67. The first kappa shape index (κ1) is 21.0. The third-order valence-corrected chi connectivity index (χ3v) is 8.91. The molecule has 0 aliphatic carbocycles. The lowest BCUT2D eigenvalue weighted by molar-refractivity contribution is 0.273. The highest BCUT2D eigenvalue weighted by atomic mass is 35.5. The summed E-state index contributed by atoms with van der Waals surface area (Å²) in [4.78, 5) is -0.209. The molecule has 0 spiro atoms. The topological polar surface area (TPSA) is 98.5 Å². The summed E-state index contributed by atoms with van der Waals surface area (Å²) in [5.41, 5.74) is 0.0447. The zero-order chi connectivity index (χ0) is 20.5. The maximum absolute atomic E-state index is 12.9. The molecule has 148 valence electrons. The van der Waals surface area contributed by atoms with E-state index in [0.29, 0.717) is 0 Å². The van der Waals surface area contributed by atoms with Crippen LogP contribution in [0.3, 0.4) is 0 Å². The maximum atomic E-state index is 12.9. The average molecular weight is 460 g/mol. The summed E-state index contributed by atoms with van der Waals surface area (Å²) in [7, 11) is -7.83. The molecule has 0 bridgehead atoms. The number of sulfonamides is 2. The van der Waals surface area contributed by atoms with Gasteiger partial charge in [-0.1, -0.05) is 35.3 Å². The highest BCUT2D eigenvalue weighted by Crippen LogP contribution is 2.29. The van der Waals surface area contributed by atoms with Gasteiger partial charge in [-0.2, -0.15) is 13.9 Å². The van der Waals surface area contributed by atoms with Crippen LogP contribution in [0.1, 0.15) is 5.56 Å². The number of halogens is 2. The zero-order valence-corrected chi connectivity index (χ0v) is 17.6. The van der Waals surface area contributed by atoms with Crippen molar-refractivity contribution in [2.45, 2.75) is 9.79 Å². The van der Waals surface area contributed by atoms with Gasteiger partial charge in [0.2, 0.25) is 20.0 Å². The fourth-order valence-corrected chi connectivity index (χ4v) is 6.61. The summed E-state index contributed by atoms with van der Waals surface area (Å²) in [6.07, 6.45) is 0. The molecule has 3 rings (SSSR count). The Kier molecular flexibility index (Phi) is 6.00. The van der Waals surface area contributed by atoms with Crippen molar-refractivity contribution in [2.75, 3.05) is 26.2 Å². The van der Waals surface area contributed by atoms with Crippen LogP contribution in [0.5, 0.6) is 0 Å². The second kappa shape index (κ2) is 7.99. The summed E-state index contributed by atoms with van der Waals surface area (Å²) < 4.78 is 53.8. The van der Waals surface area contributed by atoms with Gasteiger partial charge in [0.15, 0.2) is 0 Å². The average Bonchev–Trinajstić information content (AvgIpc) is 2.69. The van der Waals surface area contributed by atoms with E-state index in [1.165, 1.54) is 45.0 Å². The van der Waals surface area contributed by atoms with E-state index < -0.39 is 20.0 Å². The van der Waals surface area contributed by atoms with E-state index in [4.69, 9.17) is 28.5 Å². The maximum Gasteiger partial charge on any atom is 0.244 e. The summed E-state index contributed by atoms with van der Waals surface area (Å²) in [5.74, 6) is 0. The molecule has 1 aliphatic rings. The number of hydrogen-bond acceptors (Lipinski definition) is 5. The Bertz CT molecular complexity index is 1150. The van der Waals surface area contributed by atoms with Crippen molar-refractivity contribution in [3.63, 3.8) is 0 Å². The quantitative estimate of drug-likeness (QED) is 0.699. The van der Waals surface area contributed by atoms with Crippen LogP contribution in [0.25, 0.3) is 0 Å². The van der Waals surface area contributed by atoms with Crippen molar-refractivity contribution in [2.24, 2.45) is 0 Å². The van der Waals surface area contributed by atoms with Crippen molar-refractivity contribution in [3.05, 3.63) is 58.1 Å². The first-order chi connectivity index (χ1) is 13.2. The first-order valence-corrected chi connectivity index (χ1v) is 11.8. The molecule has 1 heterocycles. The molecule has 0 saturated carbocycles. The second-order valence-electron chi connectivity index (χ2n) is 5.99. The first-order valence-electron chi connectivity index (χ1n) is 8.12. The van der Waals surface area contributed by atoms with Gasteiger partial charge in [-0.05, 0) is 30.3 Å². The molecule has 7 nitrogen and oxygen atoms in total. The Morgan fingerprint density at radius 1 is 0.821 bits per heavy atom. The number of rotatable bonds is 4. The summed E-state index contributed by atoms with van der Waals surface area (Å²) in [5, 5.41) is 9.44. The van der Waals surface area contributed by atoms with E-state index in [9.17, 15) is 16.8 Å². The second-order valence-corrected chi connectivity index (χ2v) is 10.6. The van der Waals surface area contributed by atoms with Gasteiger partial charge in [0.25, 0.3) is 0 Å². The van der Waals surface area contributed by atoms with Crippen LogP contribution < -0.4 is 0 Å². The molecule has 0 atom stereocenters. The van der Waals surface area contributed by atoms with E-state index in [2.05, 4.69) is 0 Å². The molecule has 1 saturated heterocycles. The van der Waals surface area contributed by atoms with Gasteiger partial charge in [-0.25, -0.2) is 16.8 Å². The molecule has 11 heteroatoms. The molecule has 0 aromatic heterocycles. The highest BCUT2D eigenvalue weighted by molar-refractivity contribution is 7.89. The van der Waals surface area contributed by atoms with E-state index in [-0.39, 0.29) is 51.6 Å². The number of hydrogen-bond donors (Lipinski definition) is 0. The molecule has 1 fully saturated rings. The van der Waals surface area contributed by atoms with E-state index in [0.717, 1.165) is 0 Å². The van der Waals surface area contributed by atoms with Crippen molar-refractivity contribution in [1.82, 2.24) is 8.61 Å². The van der Waals surface area contributed by atoms with Crippen molar-refractivity contribution < 1.29 is 16.8 Å². The SMILES string of the molecule is N#Cc1ccccc1S(=O)(=O)N1CCN(S(=O)(=O)c2cc(Cl)ccc2Cl)CC1. The Morgan fingerprint density at radius 2 is 1.36 bits per heavy atom. The van der Waals surface area contributed by atoms with Crippen molar-refractivity contribution >= 4 is 43.2 Å². The predicted molar refractivity (Wildman–Crippen MR) is 105 cm³/mol. The van der Waals surface area contributed by atoms with E-state index in [1.807, 2.05) is 6.07 Å². The molecule has 0 unspecified atom stereocenters. The van der Waals surface area contributed by atoms with Crippen LogP contribution in [-0.2, 0) is 20.0 Å². The van der Waals surface area contributed by atoms with Crippen molar-refractivity contribution in [3.8, 4) is 6.07 Å². The van der Waals surface area contributed by atoms with E-state index in [1.54, 1.807) is 6.07 Å². The minimum absolute atomic E-state index is 0.0422. The van der Waals surface area contributed by atoms with Gasteiger partial charge in [0, 0.05) is 31.2 Å². The predicted octanol–water partition coefficient (Wildman–Crippen LogP) is 2.56. The number of piperazine rings is 1. The molecule has 0 N–H and O–H groups in total. The monoisotopic (exact) mass is 459 g/mol. The standard InChI is InChI=1S/C17H15Cl2N3O4S2/c18-14-5-6-15(19)17(11-14)28(25,26)22-9-7-21(8-10-22)27(23,24)16-4-2-1-3-13(16)12-20/h1-6,11H,7-10H2. The van der Waals surface area contributed by atoms with Crippen LogP contribution >= 0.6 is 23.2 Å². The summed E-state index contributed by atoms with van der Waals surface area (Å²) >= 11 is 11.9. The lowest BCUT2D eigenvalue weighted by atomic mass is 10.2. The zero-order valence-electron chi connectivity index (χ0n) is 14.4. The molecule has 0 amide bonds. The molecule has 0 radical (unpaired) electrons. The van der Waals surface area contributed by atoms with Crippen LogP contribution in [-0.4, -0.2) is 51.6 Å². The Balaban J connectivity index is 1.83. The minimum Gasteiger partial charge on any atom is -0.207 e. The van der Waals surface area contributed by atoms with E-state index >= 15 is 0 Å². The minimum atomic E-state index is -3.92. The number of benzene rings is 2. The van der Waals surface area contributed by atoms with Gasteiger partial charge < -0.3 is 0 Å². The molecule has 1 aliphatic heterocycles. The smallest absolute Gasteiger partial charge is 0.207 e. The normalized spacial score (nSPS) is 16.6. The highest BCUT2D eigenvalue weighted by Gasteiger charge is 2.35. The fourth-order valence-electron chi connectivity index (χ4n) is 2.89. The molecular formula is C17H15Cl2N3O4S2. The fraction of sp³-hybridized carbons (Fsp3) is 0.235. The lowest BCUT2D eigenvalue weighted by Gasteiger charge is -2.33. The number of nitriles is 1. The molecule has 2 aromatic rings.